The molecule has 1 aromatic rings. The van der Waals surface area contributed by atoms with Crippen LogP contribution in [0.4, 0.5) is 0 Å². The van der Waals surface area contributed by atoms with Gasteiger partial charge in [0.05, 0.1) is 13.2 Å². The zero-order valence-electron chi connectivity index (χ0n) is 13.2. The highest BCUT2D eigenvalue weighted by atomic mass is 16.5. The van der Waals surface area contributed by atoms with Crippen LogP contribution in [0.25, 0.3) is 0 Å². The van der Waals surface area contributed by atoms with E-state index < -0.39 is 6.10 Å². The zero-order chi connectivity index (χ0) is 15.1. The van der Waals surface area contributed by atoms with Crippen molar-refractivity contribution in [3.8, 4) is 5.75 Å². The number of nitrogens with one attached hydrogen (secondary N) is 1. The van der Waals surface area contributed by atoms with Crippen LogP contribution in [0.2, 0.25) is 0 Å². The average molecular weight is 292 g/mol. The Bertz CT molecular complexity index is 417. The number of benzene rings is 1. The summed E-state index contributed by atoms with van der Waals surface area (Å²) in [5.41, 5.74) is 0.934. The summed E-state index contributed by atoms with van der Waals surface area (Å²) < 4.78 is 5.21. The molecule has 1 saturated heterocycles. The first-order chi connectivity index (χ1) is 10.2. The standard InChI is InChI=1S/C17H28N2O2/c1-3-18-12-14-7-9-19(10-8-14)13-17(20)15-5-4-6-16(11-15)21-2/h4-6,11,14,17-18,20H,3,7-10,12-13H2,1-2H3. The molecule has 1 fully saturated rings. The van der Waals surface area contributed by atoms with Crippen molar-refractivity contribution < 1.29 is 9.84 Å². The fourth-order valence-electron chi connectivity index (χ4n) is 2.92. The summed E-state index contributed by atoms with van der Waals surface area (Å²) in [5, 5.41) is 13.8. The van der Waals surface area contributed by atoms with Crippen molar-refractivity contribution in [3.63, 3.8) is 0 Å². The number of aliphatic hydroxyl groups is 1. The number of hydrogen-bond donors (Lipinski definition) is 2. The van der Waals surface area contributed by atoms with Crippen molar-refractivity contribution in [1.29, 1.82) is 0 Å². The Morgan fingerprint density at radius 1 is 1.38 bits per heavy atom. The Labute approximate surface area is 128 Å². The van der Waals surface area contributed by atoms with Crippen LogP contribution in [0, 0.1) is 5.92 Å². The quantitative estimate of drug-likeness (QED) is 0.807. The zero-order valence-corrected chi connectivity index (χ0v) is 13.2. The van der Waals surface area contributed by atoms with Crippen LogP contribution >= 0.6 is 0 Å². The Morgan fingerprint density at radius 3 is 2.81 bits per heavy atom. The van der Waals surface area contributed by atoms with Crippen molar-refractivity contribution in [2.75, 3.05) is 39.8 Å². The third-order valence-electron chi connectivity index (χ3n) is 4.30. The molecule has 21 heavy (non-hydrogen) atoms. The van der Waals surface area contributed by atoms with E-state index in [4.69, 9.17) is 4.74 Å². The lowest BCUT2D eigenvalue weighted by Gasteiger charge is -2.33. The predicted octanol–water partition coefficient (Wildman–Crippen LogP) is 2.05. The van der Waals surface area contributed by atoms with Gasteiger partial charge in [-0.05, 0) is 62.6 Å². The summed E-state index contributed by atoms with van der Waals surface area (Å²) in [6, 6.07) is 7.72. The molecule has 0 bridgehead atoms. The minimum atomic E-state index is -0.439. The molecule has 0 saturated carbocycles. The second kappa shape index (κ2) is 8.37. The normalized spacial score (nSPS) is 18.6. The van der Waals surface area contributed by atoms with Crippen molar-refractivity contribution >= 4 is 0 Å². The molecule has 2 rings (SSSR count). The van der Waals surface area contributed by atoms with Crippen LogP contribution in [0.3, 0.4) is 0 Å². The first-order valence-electron chi connectivity index (χ1n) is 7.98. The van der Waals surface area contributed by atoms with Crippen LogP contribution in [-0.2, 0) is 0 Å². The van der Waals surface area contributed by atoms with E-state index in [0.29, 0.717) is 6.54 Å². The summed E-state index contributed by atoms with van der Waals surface area (Å²) in [6.45, 7) is 7.20. The highest BCUT2D eigenvalue weighted by Crippen LogP contribution is 2.22. The molecule has 0 aliphatic carbocycles. The monoisotopic (exact) mass is 292 g/mol. The van der Waals surface area contributed by atoms with Gasteiger partial charge in [0, 0.05) is 6.54 Å². The van der Waals surface area contributed by atoms with Gasteiger partial charge in [-0.15, -0.1) is 0 Å². The van der Waals surface area contributed by atoms with E-state index in [-0.39, 0.29) is 0 Å². The largest absolute Gasteiger partial charge is 0.497 e. The van der Waals surface area contributed by atoms with Gasteiger partial charge < -0.3 is 20.1 Å². The number of β-amino-alcohol motifs (C(OH)–C–C–N with tert-alkyl or cyclic N) is 1. The number of likely N-dealkylation sites (tertiary alicyclic amines) is 1. The molecule has 1 aliphatic rings. The number of nitrogens with zero attached hydrogens (tertiary/aromatic N) is 1. The number of aliphatic hydroxyl groups excluding tert-OH is 1. The lowest BCUT2D eigenvalue weighted by Crippen LogP contribution is -2.39. The fourth-order valence-corrected chi connectivity index (χ4v) is 2.92. The van der Waals surface area contributed by atoms with Crippen LogP contribution in [-0.4, -0.2) is 49.8 Å². The summed E-state index contributed by atoms with van der Waals surface area (Å²) in [7, 11) is 1.65. The van der Waals surface area contributed by atoms with Gasteiger partial charge in [-0.2, -0.15) is 0 Å². The molecule has 0 spiro atoms. The minimum absolute atomic E-state index is 0.439. The first-order valence-corrected chi connectivity index (χ1v) is 7.98. The van der Waals surface area contributed by atoms with Crippen LogP contribution < -0.4 is 10.1 Å². The fraction of sp³-hybridized carbons (Fsp3) is 0.647. The molecule has 0 radical (unpaired) electrons. The molecule has 2 N–H and O–H groups in total. The Kier molecular flexibility index (Phi) is 6.49. The van der Waals surface area contributed by atoms with Gasteiger partial charge in [-0.1, -0.05) is 19.1 Å². The van der Waals surface area contributed by atoms with E-state index >= 15 is 0 Å². The second-order valence-electron chi connectivity index (χ2n) is 5.84. The van der Waals surface area contributed by atoms with Gasteiger partial charge in [-0.3, -0.25) is 0 Å². The summed E-state index contributed by atoms with van der Waals surface area (Å²) in [5.74, 6) is 1.59. The molecule has 4 nitrogen and oxygen atoms in total. The number of methoxy groups -OCH3 is 1. The first kappa shape index (κ1) is 16.3. The van der Waals surface area contributed by atoms with E-state index in [1.807, 2.05) is 24.3 Å². The molecule has 4 heteroatoms. The summed E-state index contributed by atoms with van der Waals surface area (Å²) in [6.07, 6.45) is 2.00. The summed E-state index contributed by atoms with van der Waals surface area (Å²) >= 11 is 0. The third kappa shape index (κ3) is 4.99. The SMILES string of the molecule is CCNCC1CCN(CC(O)c2cccc(OC)c2)CC1. The molecular weight excluding hydrogens is 264 g/mol. The van der Waals surface area contributed by atoms with E-state index in [2.05, 4.69) is 17.1 Å². The van der Waals surface area contributed by atoms with E-state index in [9.17, 15) is 5.11 Å². The number of rotatable bonds is 7. The van der Waals surface area contributed by atoms with Crippen LogP contribution in [0.1, 0.15) is 31.4 Å². The molecule has 0 amide bonds. The van der Waals surface area contributed by atoms with Crippen LogP contribution in [0.15, 0.2) is 24.3 Å². The second-order valence-corrected chi connectivity index (χ2v) is 5.84. The van der Waals surface area contributed by atoms with E-state index in [0.717, 1.165) is 43.4 Å². The Balaban J connectivity index is 1.79. The highest BCUT2D eigenvalue weighted by molar-refractivity contribution is 5.29. The molecule has 0 aromatic heterocycles. The van der Waals surface area contributed by atoms with Gasteiger partial charge in [0.1, 0.15) is 5.75 Å². The van der Waals surface area contributed by atoms with Gasteiger partial charge in [0.15, 0.2) is 0 Å². The minimum Gasteiger partial charge on any atom is -0.497 e. The number of ether oxygens (including phenoxy) is 1. The molecule has 1 aromatic carbocycles. The molecule has 1 atom stereocenters. The maximum Gasteiger partial charge on any atom is 0.119 e. The smallest absolute Gasteiger partial charge is 0.119 e. The molecule has 1 heterocycles. The molecule has 1 unspecified atom stereocenters. The van der Waals surface area contributed by atoms with Gasteiger partial charge >= 0.3 is 0 Å². The summed E-state index contributed by atoms with van der Waals surface area (Å²) in [4.78, 5) is 2.37. The molecular formula is C17H28N2O2. The molecule has 1 aliphatic heterocycles. The third-order valence-corrected chi connectivity index (χ3v) is 4.30. The van der Waals surface area contributed by atoms with E-state index in [1.54, 1.807) is 7.11 Å². The van der Waals surface area contributed by atoms with Gasteiger partial charge in [0.25, 0.3) is 0 Å². The van der Waals surface area contributed by atoms with E-state index in [1.165, 1.54) is 12.8 Å². The van der Waals surface area contributed by atoms with Crippen LogP contribution in [0.5, 0.6) is 5.75 Å². The van der Waals surface area contributed by atoms with Crippen molar-refractivity contribution in [3.05, 3.63) is 29.8 Å². The maximum atomic E-state index is 10.4. The topological polar surface area (TPSA) is 44.7 Å². The predicted molar refractivity (Wildman–Crippen MR) is 85.7 cm³/mol. The highest BCUT2D eigenvalue weighted by Gasteiger charge is 2.21. The van der Waals surface area contributed by atoms with Crippen molar-refractivity contribution in [1.82, 2.24) is 10.2 Å². The Hall–Kier alpha value is -1.10. The van der Waals surface area contributed by atoms with Gasteiger partial charge in [0.2, 0.25) is 0 Å². The van der Waals surface area contributed by atoms with Gasteiger partial charge in [-0.25, -0.2) is 0 Å². The lowest BCUT2D eigenvalue weighted by atomic mass is 9.96. The van der Waals surface area contributed by atoms with Crippen molar-refractivity contribution in [2.24, 2.45) is 5.92 Å². The Morgan fingerprint density at radius 2 is 2.14 bits per heavy atom. The number of piperidine rings is 1. The lowest BCUT2D eigenvalue weighted by molar-refractivity contribution is 0.0891. The molecule has 118 valence electrons. The average Bonchev–Trinajstić information content (AvgIpc) is 2.54. The maximum absolute atomic E-state index is 10.4. The van der Waals surface area contributed by atoms with Crippen molar-refractivity contribution in [2.45, 2.75) is 25.9 Å². The number of hydrogen-bond acceptors (Lipinski definition) is 4.